The third kappa shape index (κ3) is 3.66. The monoisotopic (exact) mass is 417 g/mol. The fourth-order valence-electron chi connectivity index (χ4n) is 7.00. The molecule has 1 aliphatic heterocycles. The lowest BCUT2D eigenvalue weighted by Crippen LogP contribution is -2.51. The van der Waals surface area contributed by atoms with Crippen LogP contribution in [0.2, 0.25) is 0 Å². The summed E-state index contributed by atoms with van der Waals surface area (Å²) >= 11 is 0. The summed E-state index contributed by atoms with van der Waals surface area (Å²) in [5.74, 6) is 3.33. The molecule has 1 saturated heterocycles. The molecule has 162 valence electrons. The summed E-state index contributed by atoms with van der Waals surface area (Å²) in [4.78, 5) is 15.6. The van der Waals surface area contributed by atoms with Crippen LogP contribution in [0.1, 0.15) is 51.4 Å². The molecule has 2 N–H and O–H groups in total. The minimum Gasteiger partial charge on any atom is -0.370 e. The van der Waals surface area contributed by atoms with Gasteiger partial charge in [-0.15, -0.1) is 5.10 Å². The molecule has 5 aliphatic rings. The molecule has 5 fully saturated rings. The first-order valence-electron chi connectivity index (χ1n) is 11.9. The van der Waals surface area contributed by atoms with Crippen LogP contribution in [0.15, 0.2) is 36.5 Å². The summed E-state index contributed by atoms with van der Waals surface area (Å²) in [5.41, 5.74) is 2.83. The summed E-state index contributed by atoms with van der Waals surface area (Å²) < 4.78 is 0. The molecular formula is C25H31N5O. The summed E-state index contributed by atoms with van der Waals surface area (Å²) in [5, 5.41) is 15.0. The largest absolute Gasteiger partial charge is 0.370 e. The van der Waals surface area contributed by atoms with Crippen LogP contribution in [0.3, 0.4) is 0 Å². The molecule has 4 saturated carbocycles. The predicted octanol–water partition coefficient (Wildman–Crippen LogP) is 4.98. The van der Waals surface area contributed by atoms with E-state index >= 15 is 0 Å². The number of nitrogens with one attached hydrogen (secondary N) is 2. The van der Waals surface area contributed by atoms with Gasteiger partial charge in [0.1, 0.15) is 0 Å². The molecule has 1 amide bonds. The summed E-state index contributed by atoms with van der Waals surface area (Å²) in [6, 6.07) is 10.0. The fourth-order valence-corrected chi connectivity index (χ4v) is 7.00. The fraction of sp³-hybridized carbons (Fsp3) is 0.560. The molecule has 1 aromatic heterocycles. The van der Waals surface area contributed by atoms with Crippen LogP contribution in [0.5, 0.6) is 0 Å². The van der Waals surface area contributed by atoms with E-state index in [1.807, 2.05) is 30.5 Å². The number of aromatic nitrogens is 2. The maximum Gasteiger partial charge on any atom is 0.230 e. The number of rotatable bonds is 5. The van der Waals surface area contributed by atoms with E-state index in [2.05, 4.69) is 31.8 Å². The minimum atomic E-state index is -0.114. The van der Waals surface area contributed by atoms with Gasteiger partial charge >= 0.3 is 0 Å². The first-order valence-corrected chi connectivity index (χ1v) is 11.9. The Morgan fingerprint density at radius 2 is 1.55 bits per heavy atom. The number of hydrogen-bond acceptors (Lipinski definition) is 5. The molecule has 4 bridgehead atoms. The van der Waals surface area contributed by atoms with Gasteiger partial charge in [-0.05, 0) is 93.4 Å². The van der Waals surface area contributed by atoms with Crippen molar-refractivity contribution < 1.29 is 4.79 Å². The maximum absolute atomic E-state index is 13.3. The maximum atomic E-state index is 13.3. The highest BCUT2D eigenvalue weighted by molar-refractivity contribution is 5.95. The Kier molecular flexibility index (Phi) is 4.62. The van der Waals surface area contributed by atoms with Crippen LogP contribution in [0.25, 0.3) is 0 Å². The van der Waals surface area contributed by atoms with Gasteiger partial charge in [0.15, 0.2) is 5.82 Å². The highest BCUT2D eigenvalue weighted by Gasteiger charge is 2.54. The Labute approximate surface area is 183 Å². The highest BCUT2D eigenvalue weighted by atomic mass is 16.2. The van der Waals surface area contributed by atoms with Crippen molar-refractivity contribution in [1.82, 2.24) is 10.2 Å². The van der Waals surface area contributed by atoms with Crippen LogP contribution in [0, 0.1) is 23.2 Å². The van der Waals surface area contributed by atoms with Gasteiger partial charge in [0, 0.05) is 30.5 Å². The highest BCUT2D eigenvalue weighted by Crippen LogP contribution is 2.60. The number of hydrogen-bond donors (Lipinski definition) is 2. The van der Waals surface area contributed by atoms with E-state index in [1.165, 1.54) is 32.1 Å². The van der Waals surface area contributed by atoms with Crippen LogP contribution < -0.4 is 15.5 Å². The van der Waals surface area contributed by atoms with Crippen molar-refractivity contribution >= 4 is 28.8 Å². The Balaban J connectivity index is 1.11. The Hall–Kier alpha value is -2.63. The average molecular weight is 418 g/mol. The normalized spacial score (nSPS) is 31.1. The molecule has 1 aromatic carbocycles. The Morgan fingerprint density at radius 1 is 0.935 bits per heavy atom. The molecule has 0 spiro atoms. The van der Waals surface area contributed by atoms with E-state index in [9.17, 15) is 4.79 Å². The molecular weight excluding hydrogens is 386 g/mol. The molecule has 0 unspecified atom stereocenters. The molecule has 2 heterocycles. The van der Waals surface area contributed by atoms with Gasteiger partial charge in [0.2, 0.25) is 5.91 Å². The van der Waals surface area contributed by atoms with Crippen LogP contribution >= 0.6 is 0 Å². The van der Waals surface area contributed by atoms with E-state index in [0.29, 0.717) is 0 Å². The van der Waals surface area contributed by atoms with Crippen LogP contribution in [0.4, 0.5) is 22.9 Å². The minimum absolute atomic E-state index is 0.114. The third-order valence-electron chi connectivity index (χ3n) is 8.05. The van der Waals surface area contributed by atoms with E-state index < -0.39 is 0 Å². The second-order valence-corrected chi connectivity index (χ2v) is 10.3. The van der Waals surface area contributed by atoms with Crippen molar-refractivity contribution in [1.29, 1.82) is 0 Å². The van der Waals surface area contributed by atoms with Crippen molar-refractivity contribution in [2.45, 2.75) is 51.4 Å². The molecule has 31 heavy (non-hydrogen) atoms. The number of benzene rings is 1. The number of nitrogens with zero attached hydrogens (tertiary/aromatic N) is 3. The Morgan fingerprint density at radius 3 is 2.19 bits per heavy atom. The van der Waals surface area contributed by atoms with E-state index in [0.717, 1.165) is 73.0 Å². The van der Waals surface area contributed by atoms with Gasteiger partial charge in [-0.3, -0.25) is 4.79 Å². The van der Waals surface area contributed by atoms with E-state index in [4.69, 9.17) is 0 Å². The van der Waals surface area contributed by atoms with Crippen LogP contribution in [-0.4, -0.2) is 29.2 Å². The van der Waals surface area contributed by atoms with Gasteiger partial charge in [0.05, 0.1) is 17.3 Å². The molecule has 6 nitrogen and oxygen atoms in total. The third-order valence-corrected chi connectivity index (χ3v) is 8.05. The van der Waals surface area contributed by atoms with Gasteiger partial charge < -0.3 is 15.5 Å². The number of anilines is 4. The SMILES string of the molecule is O=C(Nc1ccc(Nc2cc(N3CCCC3)cnn2)cc1)C12CC3CC(CC(C3)C1)C2. The van der Waals surface area contributed by atoms with Crippen molar-refractivity contribution in [2.75, 3.05) is 28.6 Å². The molecule has 0 radical (unpaired) electrons. The standard InChI is InChI=1S/C25H31N5O/c31-24(25-13-17-9-18(14-25)11-19(10-17)15-25)28-21-5-3-20(4-6-21)27-23-12-22(16-26-29-23)30-7-1-2-8-30/h3-6,12,16-19H,1-2,7-11,13-15H2,(H,27,29)(H,28,31). The second kappa shape index (κ2) is 7.50. The molecule has 2 aromatic rings. The van der Waals surface area contributed by atoms with Crippen molar-refractivity contribution in [2.24, 2.45) is 23.2 Å². The van der Waals surface area contributed by atoms with Gasteiger partial charge in [0.25, 0.3) is 0 Å². The van der Waals surface area contributed by atoms with Crippen molar-refractivity contribution in [3.8, 4) is 0 Å². The zero-order valence-electron chi connectivity index (χ0n) is 18.0. The van der Waals surface area contributed by atoms with Gasteiger partial charge in [-0.25, -0.2) is 0 Å². The zero-order valence-corrected chi connectivity index (χ0v) is 18.0. The lowest BCUT2D eigenvalue weighted by molar-refractivity contribution is -0.140. The number of amides is 1. The summed E-state index contributed by atoms with van der Waals surface area (Å²) in [6.45, 7) is 2.17. The molecule has 0 atom stereocenters. The molecule has 6 heteroatoms. The lowest BCUT2D eigenvalue weighted by atomic mass is 9.49. The van der Waals surface area contributed by atoms with Gasteiger partial charge in [-0.2, -0.15) is 5.10 Å². The predicted molar refractivity (Wildman–Crippen MR) is 122 cm³/mol. The summed E-state index contributed by atoms with van der Waals surface area (Å²) in [6.07, 6.45) is 11.7. The molecule has 7 rings (SSSR count). The number of carbonyl (C=O) groups excluding carboxylic acids is 1. The van der Waals surface area contributed by atoms with Crippen molar-refractivity contribution in [3.05, 3.63) is 36.5 Å². The topological polar surface area (TPSA) is 70.2 Å². The zero-order chi connectivity index (χ0) is 20.8. The lowest BCUT2D eigenvalue weighted by Gasteiger charge is -2.55. The van der Waals surface area contributed by atoms with E-state index in [1.54, 1.807) is 0 Å². The average Bonchev–Trinajstić information content (AvgIpc) is 3.29. The smallest absolute Gasteiger partial charge is 0.230 e. The molecule has 4 aliphatic carbocycles. The Bertz CT molecular complexity index is 931. The second-order valence-electron chi connectivity index (χ2n) is 10.3. The van der Waals surface area contributed by atoms with Crippen LogP contribution in [-0.2, 0) is 4.79 Å². The van der Waals surface area contributed by atoms with Crippen molar-refractivity contribution in [3.63, 3.8) is 0 Å². The first kappa shape index (κ1) is 19.1. The summed E-state index contributed by atoms with van der Waals surface area (Å²) in [7, 11) is 0. The first-order chi connectivity index (χ1) is 15.1. The number of carbonyl (C=O) groups is 1. The van der Waals surface area contributed by atoms with Gasteiger partial charge in [-0.1, -0.05) is 0 Å². The van der Waals surface area contributed by atoms with E-state index in [-0.39, 0.29) is 11.3 Å². The quantitative estimate of drug-likeness (QED) is 0.718.